The molecule has 1 heterocycles. The van der Waals surface area contributed by atoms with Crippen LogP contribution in [0.25, 0.3) is 0 Å². The number of aromatic nitrogens is 1. The number of hydrogen-bond acceptors (Lipinski definition) is 5. The van der Waals surface area contributed by atoms with Crippen LogP contribution in [0, 0.1) is 11.7 Å². The molecule has 0 atom stereocenters. The first-order chi connectivity index (χ1) is 16.2. The smallest absolute Gasteiger partial charge is 0.254 e. The lowest BCUT2D eigenvalue weighted by Crippen LogP contribution is -2.40. The number of nitrogens with one attached hydrogen (secondary N) is 2. The van der Waals surface area contributed by atoms with Crippen molar-refractivity contribution in [3.63, 3.8) is 0 Å². The van der Waals surface area contributed by atoms with Gasteiger partial charge in [-0.3, -0.25) is 14.4 Å². The van der Waals surface area contributed by atoms with Gasteiger partial charge in [-0.2, -0.15) is 0 Å². The zero-order valence-corrected chi connectivity index (χ0v) is 20.3. The molecule has 0 spiro atoms. The quantitative estimate of drug-likeness (QED) is 0.437. The number of benzene rings is 2. The zero-order valence-electron chi connectivity index (χ0n) is 18.7. The number of amides is 3. The van der Waals surface area contributed by atoms with E-state index in [1.165, 1.54) is 40.5 Å². The van der Waals surface area contributed by atoms with E-state index in [0.717, 1.165) is 0 Å². The molecule has 0 bridgehead atoms. The normalized spacial score (nSPS) is 10.7. The Morgan fingerprint density at radius 1 is 1.03 bits per heavy atom. The topological polar surface area (TPSA) is 91.4 Å². The summed E-state index contributed by atoms with van der Waals surface area (Å²) in [4.78, 5) is 43.5. The maximum absolute atomic E-state index is 13.0. The first-order valence-electron chi connectivity index (χ1n) is 10.5. The number of rotatable bonds is 9. The van der Waals surface area contributed by atoms with E-state index in [-0.39, 0.29) is 42.4 Å². The lowest BCUT2D eigenvalue weighted by molar-refractivity contribution is -0.117. The fraction of sp³-hybridized carbons (Fsp3) is 0.250. The predicted molar refractivity (Wildman–Crippen MR) is 132 cm³/mol. The van der Waals surface area contributed by atoms with Crippen LogP contribution in [0.4, 0.5) is 15.2 Å². The summed E-state index contributed by atoms with van der Waals surface area (Å²) in [5.41, 5.74) is 1.41. The molecule has 10 heteroatoms. The molecule has 0 saturated heterocycles. The molecule has 1 aromatic heterocycles. The molecular weight excluding hydrogens is 479 g/mol. The van der Waals surface area contributed by atoms with Gasteiger partial charge in [0, 0.05) is 28.2 Å². The molecule has 0 aliphatic heterocycles. The summed E-state index contributed by atoms with van der Waals surface area (Å²) in [7, 11) is 0. The fourth-order valence-electron chi connectivity index (χ4n) is 3.12. The van der Waals surface area contributed by atoms with Crippen LogP contribution in [0.1, 0.15) is 29.9 Å². The van der Waals surface area contributed by atoms with Crippen LogP contribution in [0.5, 0.6) is 0 Å². The molecule has 0 saturated carbocycles. The van der Waals surface area contributed by atoms with Gasteiger partial charge in [0.2, 0.25) is 11.8 Å². The third-order valence-corrected chi connectivity index (χ3v) is 5.62. The summed E-state index contributed by atoms with van der Waals surface area (Å²) >= 11 is 7.09. The Balaban J connectivity index is 1.57. The SMILES string of the molecule is CC(C)CN(CC(=O)Nc1nc(CC(=O)Nc2ccc(F)cc2)cs1)C(=O)c1ccc(Cl)cc1. The molecule has 0 aliphatic carbocycles. The van der Waals surface area contributed by atoms with Crippen molar-refractivity contribution in [2.24, 2.45) is 5.92 Å². The Kier molecular flexibility index (Phi) is 8.72. The highest BCUT2D eigenvalue weighted by molar-refractivity contribution is 7.13. The first-order valence-corrected chi connectivity index (χ1v) is 11.8. The van der Waals surface area contributed by atoms with E-state index in [0.29, 0.717) is 33.6 Å². The number of nitrogens with zero attached hydrogens (tertiary/aromatic N) is 2. The summed E-state index contributed by atoms with van der Waals surface area (Å²) in [6, 6.07) is 12.0. The minimum Gasteiger partial charge on any atom is -0.329 e. The molecule has 0 radical (unpaired) electrons. The summed E-state index contributed by atoms with van der Waals surface area (Å²) in [6.07, 6.45) is -0.00171. The van der Waals surface area contributed by atoms with E-state index in [9.17, 15) is 18.8 Å². The van der Waals surface area contributed by atoms with Gasteiger partial charge >= 0.3 is 0 Å². The summed E-state index contributed by atoms with van der Waals surface area (Å²) in [6.45, 7) is 4.19. The van der Waals surface area contributed by atoms with Crippen LogP contribution in [0.15, 0.2) is 53.9 Å². The molecule has 2 N–H and O–H groups in total. The zero-order chi connectivity index (χ0) is 24.7. The molecule has 3 rings (SSSR count). The minimum absolute atomic E-state index is 0.00171. The van der Waals surface area contributed by atoms with Crippen molar-refractivity contribution in [1.29, 1.82) is 0 Å². The lowest BCUT2D eigenvalue weighted by atomic mass is 10.1. The highest BCUT2D eigenvalue weighted by Crippen LogP contribution is 2.18. The summed E-state index contributed by atoms with van der Waals surface area (Å²) in [5, 5.41) is 7.88. The van der Waals surface area contributed by atoms with E-state index in [2.05, 4.69) is 15.6 Å². The molecule has 0 unspecified atom stereocenters. The Morgan fingerprint density at radius 3 is 2.35 bits per heavy atom. The van der Waals surface area contributed by atoms with Crippen molar-refractivity contribution in [2.75, 3.05) is 23.7 Å². The van der Waals surface area contributed by atoms with Gasteiger partial charge in [-0.25, -0.2) is 9.37 Å². The van der Waals surface area contributed by atoms with Crippen LogP contribution >= 0.6 is 22.9 Å². The van der Waals surface area contributed by atoms with Gasteiger partial charge in [-0.15, -0.1) is 11.3 Å². The molecule has 178 valence electrons. The Hall–Kier alpha value is -3.30. The van der Waals surface area contributed by atoms with Crippen molar-refractivity contribution < 1.29 is 18.8 Å². The Labute approximate surface area is 206 Å². The largest absolute Gasteiger partial charge is 0.329 e. The second-order valence-corrected chi connectivity index (χ2v) is 9.30. The monoisotopic (exact) mass is 502 g/mol. The van der Waals surface area contributed by atoms with E-state index in [1.54, 1.807) is 29.6 Å². The summed E-state index contributed by atoms with van der Waals surface area (Å²) in [5.74, 6) is -1.20. The second-order valence-electron chi connectivity index (χ2n) is 8.01. The van der Waals surface area contributed by atoms with Gasteiger partial charge in [0.05, 0.1) is 12.1 Å². The van der Waals surface area contributed by atoms with Crippen LogP contribution in [0.2, 0.25) is 5.02 Å². The maximum atomic E-state index is 13.0. The molecule has 34 heavy (non-hydrogen) atoms. The second kappa shape index (κ2) is 11.7. The van der Waals surface area contributed by atoms with E-state index in [1.807, 2.05) is 13.8 Å². The number of anilines is 2. The Morgan fingerprint density at radius 2 is 1.71 bits per heavy atom. The van der Waals surface area contributed by atoms with Crippen LogP contribution in [-0.4, -0.2) is 40.7 Å². The van der Waals surface area contributed by atoms with Crippen molar-refractivity contribution >= 4 is 51.5 Å². The van der Waals surface area contributed by atoms with E-state index in [4.69, 9.17) is 11.6 Å². The lowest BCUT2D eigenvalue weighted by Gasteiger charge is -2.24. The minimum atomic E-state index is -0.389. The number of carbonyl (C=O) groups is 3. The van der Waals surface area contributed by atoms with Crippen LogP contribution < -0.4 is 10.6 Å². The number of carbonyl (C=O) groups excluding carboxylic acids is 3. The van der Waals surface area contributed by atoms with Gasteiger partial charge in [0.25, 0.3) is 5.91 Å². The number of halogens is 2. The van der Waals surface area contributed by atoms with Gasteiger partial charge < -0.3 is 15.5 Å². The van der Waals surface area contributed by atoms with Gasteiger partial charge in [-0.05, 0) is 54.4 Å². The van der Waals surface area contributed by atoms with Gasteiger partial charge in [-0.1, -0.05) is 25.4 Å². The molecule has 3 aromatic rings. The molecule has 2 aromatic carbocycles. The third kappa shape index (κ3) is 7.64. The highest BCUT2D eigenvalue weighted by Gasteiger charge is 2.21. The molecule has 3 amide bonds. The van der Waals surface area contributed by atoms with Crippen molar-refractivity contribution in [2.45, 2.75) is 20.3 Å². The Bertz CT molecular complexity index is 1150. The van der Waals surface area contributed by atoms with Gasteiger partial charge in [0.1, 0.15) is 12.4 Å². The van der Waals surface area contributed by atoms with E-state index >= 15 is 0 Å². The third-order valence-electron chi connectivity index (χ3n) is 4.57. The average molecular weight is 503 g/mol. The molecule has 7 nitrogen and oxygen atoms in total. The van der Waals surface area contributed by atoms with Gasteiger partial charge in [0.15, 0.2) is 5.13 Å². The maximum Gasteiger partial charge on any atom is 0.254 e. The molecule has 0 fully saturated rings. The molecular formula is C24H24ClFN4O3S. The molecule has 0 aliphatic rings. The predicted octanol–water partition coefficient (Wildman–Crippen LogP) is 4.85. The fourth-order valence-corrected chi connectivity index (χ4v) is 3.97. The van der Waals surface area contributed by atoms with E-state index < -0.39 is 0 Å². The first kappa shape index (κ1) is 25.3. The van der Waals surface area contributed by atoms with Crippen molar-refractivity contribution in [1.82, 2.24) is 9.88 Å². The highest BCUT2D eigenvalue weighted by atomic mass is 35.5. The van der Waals surface area contributed by atoms with Crippen molar-refractivity contribution in [3.05, 3.63) is 76.0 Å². The summed E-state index contributed by atoms with van der Waals surface area (Å²) < 4.78 is 13.0. The standard InChI is InChI=1S/C24H24ClFN4O3S/c1-15(2)12-30(23(33)16-3-5-17(25)6-4-16)13-22(32)29-24-28-20(14-34-24)11-21(31)27-19-9-7-18(26)8-10-19/h3-10,14-15H,11-13H2,1-2H3,(H,27,31)(H,28,29,32). The van der Waals surface area contributed by atoms with Crippen molar-refractivity contribution in [3.8, 4) is 0 Å². The van der Waals surface area contributed by atoms with Crippen LogP contribution in [-0.2, 0) is 16.0 Å². The number of thiazole rings is 1. The van der Waals surface area contributed by atoms with Crippen LogP contribution in [0.3, 0.4) is 0 Å². The average Bonchev–Trinajstić information content (AvgIpc) is 3.21. The number of hydrogen-bond donors (Lipinski definition) is 2.